The van der Waals surface area contributed by atoms with Crippen molar-refractivity contribution in [3.8, 4) is 5.75 Å². The van der Waals surface area contributed by atoms with Crippen LogP contribution in [0, 0.1) is 0 Å². The maximum absolute atomic E-state index is 12.3. The lowest BCUT2D eigenvalue weighted by molar-refractivity contribution is 0.0159. The van der Waals surface area contributed by atoms with Gasteiger partial charge in [-0.05, 0) is 67.2 Å². The van der Waals surface area contributed by atoms with Crippen molar-refractivity contribution in [2.24, 2.45) is 0 Å². The van der Waals surface area contributed by atoms with Crippen LogP contribution in [0.1, 0.15) is 44.9 Å². The summed E-state index contributed by atoms with van der Waals surface area (Å²) in [7, 11) is 1.66. The summed E-state index contributed by atoms with van der Waals surface area (Å²) in [6.45, 7) is 8.33. The van der Waals surface area contributed by atoms with Gasteiger partial charge >= 0.3 is 6.09 Å². The third kappa shape index (κ3) is 3.34. The van der Waals surface area contributed by atoms with E-state index in [0.717, 1.165) is 22.2 Å². The van der Waals surface area contributed by atoms with Crippen LogP contribution in [0.25, 0.3) is 0 Å². The lowest BCUT2D eigenvalue weighted by Crippen LogP contribution is -2.42. The third-order valence-electron chi connectivity index (χ3n) is 3.61. The number of rotatable bonds is 1. The second-order valence-corrected chi connectivity index (χ2v) is 7.04. The molecule has 4 nitrogen and oxygen atoms in total. The molecule has 0 fully saturated rings. The number of carbonyl (C=O) groups is 1. The molecule has 0 aromatic heterocycles. The van der Waals surface area contributed by atoms with Crippen molar-refractivity contribution < 1.29 is 14.3 Å². The molecule has 1 amide bonds. The largest absolute Gasteiger partial charge is 0.496 e. The molecule has 0 N–H and O–H groups in total. The number of carbonyl (C=O) groups excluding carboxylic acids is 1. The van der Waals surface area contributed by atoms with Crippen LogP contribution in [0.4, 0.5) is 4.79 Å². The Morgan fingerprint density at radius 2 is 2.05 bits per heavy atom. The molecule has 0 radical (unpaired) electrons. The minimum atomic E-state index is -0.475. The van der Waals surface area contributed by atoms with Crippen LogP contribution in [0.15, 0.2) is 16.6 Å². The normalized spacial score (nSPS) is 18.2. The van der Waals surface area contributed by atoms with Gasteiger partial charge in [0.05, 0.1) is 17.6 Å². The second kappa shape index (κ2) is 5.87. The predicted molar refractivity (Wildman–Crippen MR) is 85.8 cm³/mol. The number of methoxy groups -OCH3 is 1. The van der Waals surface area contributed by atoms with E-state index in [0.29, 0.717) is 6.54 Å². The number of ether oxygens (including phenoxy) is 2. The van der Waals surface area contributed by atoms with Gasteiger partial charge < -0.3 is 14.4 Å². The molecule has 1 aromatic carbocycles. The van der Waals surface area contributed by atoms with Crippen molar-refractivity contribution in [2.75, 3.05) is 13.7 Å². The van der Waals surface area contributed by atoms with Gasteiger partial charge in [0.2, 0.25) is 0 Å². The Balaban J connectivity index is 2.27. The highest BCUT2D eigenvalue weighted by Gasteiger charge is 2.32. The van der Waals surface area contributed by atoms with E-state index in [-0.39, 0.29) is 12.1 Å². The zero-order valence-electron chi connectivity index (χ0n) is 13.2. The summed E-state index contributed by atoms with van der Waals surface area (Å²) in [5, 5.41) is 0. The fraction of sp³-hybridized carbons (Fsp3) is 0.562. The molecule has 0 aliphatic carbocycles. The molecule has 1 aliphatic rings. The van der Waals surface area contributed by atoms with Gasteiger partial charge in [0.25, 0.3) is 0 Å². The van der Waals surface area contributed by atoms with Crippen molar-refractivity contribution >= 4 is 22.0 Å². The molecular weight excluding hydrogens is 334 g/mol. The fourth-order valence-corrected chi connectivity index (χ4v) is 3.30. The average molecular weight is 356 g/mol. The first kappa shape index (κ1) is 16.1. The number of amides is 1. The fourth-order valence-electron chi connectivity index (χ4n) is 2.58. The van der Waals surface area contributed by atoms with Gasteiger partial charge in [-0.2, -0.15) is 0 Å². The van der Waals surface area contributed by atoms with Crippen LogP contribution in [-0.4, -0.2) is 30.2 Å². The van der Waals surface area contributed by atoms with Crippen molar-refractivity contribution in [1.82, 2.24) is 4.90 Å². The SMILES string of the molecule is COc1ccc2c(c1Br)CCN(C(=O)OC(C)(C)C)[C@@H]2C. The van der Waals surface area contributed by atoms with E-state index in [2.05, 4.69) is 15.9 Å². The Hall–Kier alpha value is -1.23. The summed E-state index contributed by atoms with van der Waals surface area (Å²) < 4.78 is 11.8. The van der Waals surface area contributed by atoms with E-state index in [4.69, 9.17) is 9.47 Å². The van der Waals surface area contributed by atoms with Crippen LogP contribution in [0.3, 0.4) is 0 Å². The molecule has 0 bridgehead atoms. The zero-order valence-corrected chi connectivity index (χ0v) is 14.8. The van der Waals surface area contributed by atoms with E-state index in [9.17, 15) is 4.79 Å². The van der Waals surface area contributed by atoms with Crippen molar-refractivity contribution in [3.05, 3.63) is 27.7 Å². The van der Waals surface area contributed by atoms with Crippen molar-refractivity contribution in [1.29, 1.82) is 0 Å². The lowest BCUT2D eigenvalue weighted by atomic mass is 9.93. The molecule has 0 unspecified atom stereocenters. The van der Waals surface area contributed by atoms with Crippen LogP contribution >= 0.6 is 15.9 Å². The maximum Gasteiger partial charge on any atom is 0.410 e. The van der Waals surface area contributed by atoms with E-state index in [1.807, 2.05) is 39.8 Å². The molecule has 5 heteroatoms. The molecule has 0 saturated carbocycles. The second-order valence-electron chi connectivity index (χ2n) is 6.25. The minimum absolute atomic E-state index is 0.00851. The van der Waals surface area contributed by atoms with Gasteiger partial charge in [0, 0.05) is 6.54 Å². The molecule has 2 rings (SSSR count). The highest BCUT2D eigenvalue weighted by molar-refractivity contribution is 9.10. The van der Waals surface area contributed by atoms with E-state index in [1.54, 1.807) is 12.0 Å². The number of hydrogen-bond donors (Lipinski definition) is 0. The Morgan fingerprint density at radius 3 is 2.62 bits per heavy atom. The summed E-state index contributed by atoms with van der Waals surface area (Å²) in [4.78, 5) is 14.1. The van der Waals surface area contributed by atoms with Gasteiger partial charge in [-0.3, -0.25) is 0 Å². The van der Waals surface area contributed by atoms with Crippen LogP contribution < -0.4 is 4.74 Å². The molecule has 21 heavy (non-hydrogen) atoms. The Labute approximate surface area is 134 Å². The van der Waals surface area contributed by atoms with Gasteiger partial charge in [-0.15, -0.1) is 0 Å². The molecule has 1 atom stereocenters. The molecule has 1 aromatic rings. The average Bonchev–Trinajstić information content (AvgIpc) is 2.38. The number of fused-ring (bicyclic) bond motifs is 1. The first-order valence-electron chi connectivity index (χ1n) is 7.09. The first-order valence-corrected chi connectivity index (χ1v) is 7.89. The highest BCUT2D eigenvalue weighted by atomic mass is 79.9. The lowest BCUT2D eigenvalue weighted by Gasteiger charge is -2.36. The number of hydrogen-bond acceptors (Lipinski definition) is 3. The standard InChI is InChI=1S/C16H22BrNO3/c1-10-11-6-7-13(20-5)14(17)12(11)8-9-18(10)15(19)21-16(2,3)4/h6-7,10H,8-9H2,1-5H3/t10-/m1/s1. The Bertz CT molecular complexity index is 551. The molecule has 1 aliphatic heterocycles. The highest BCUT2D eigenvalue weighted by Crippen LogP contribution is 2.39. The number of benzene rings is 1. The first-order chi connectivity index (χ1) is 9.74. The molecular formula is C16H22BrNO3. The molecule has 0 saturated heterocycles. The quantitative estimate of drug-likeness (QED) is 0.753. The summed E-state index contributed by atoms with van der Waals surface area (Å²) in [5.41, 5.74) is 1.87. The van der Waals surface area contributed by atoms with Crippen LogP contribution in [0.5, 0.6) is 5.75 Å². The monoisotopic (exact) mass is 355 g/mol. The van der Waals surface area contributed by atoms with E-state index >= 15 is 0 Å². The van der Waals surface area contributed by atoms with Crippen molar-refractivity contribution in [2.45, 2.75) is 45.8 Å². The van der Waals surface area contributed by atoms with E-state index in [1.165, 1.54) is 5.56 Å². The summed E-state index contributed by atoms with van der Waals surface area (Å²) >= 11 is 3.60. The van der Waals surface area contributed by atoms with Crippen LogP contribution in [-0.2, 0) is 11.2 Å². The zero-order chi connectivity index (χ0) is 15.8. The molecule has 116 valence electrons. The number of nitrogens with zero attached hydrogens (tertiary/aromatic N) is 1. The van der Waals surface area contributed by atoms with Gasteiger partial charge in [0.15, 0.2) is 0 Å². The van der Waals surface area contributed by atoms with Gasteiger partial charge in [-0.25, -0.2) is 4.79 Å². The maximum atomic E-state index is 12.3. The Morgan fingerprint density at radius 1 is 1.38 bits per heavy atom. The Kier molecular flexibility index (Phi) is 4.51. The predicted octanol–water partition coefficient (Wildman–Crippen LogP) is 4.31. The van der Waals surface area contributed by atoms with Crippen LogP contribution in [0.2, 0.25) is 0 Å². The molecule has 0 spiro atoms. The summed E-state index contributed by atoms with van der Waals surface area (Å²) in [6, 6.07) is 3.95. The summed E-state index contributed by atoms with van der Waals surface area (Å²) in [6.07, 6.45) is 0.532. The topological polar surface area (TPSA) is 38.8 Å². The molecule has 1 heterocycles. The number of halogens is 1. The van der Waals surface area contributed by atoms with Gasteiger partial charge in [0.1, 0.15) is 11.4 Å². The van der Waals surface area contributed by atoms with E-state index < -0.39 is 5.60 Å². The van der Waals surface area contributed by atoms with Gasteiger partial charge in [-0.1, -0.05) is 6.07 Å². The third-order valence-corrected chi connectivity index (χ3v) is 4.48. The summed E-state index contributed by atoms with van der Waals surface area (Å²) in [5.74, 6) is 0.826. The minimum Gasteiger partial charge on any atom is -0.496 e. The van der Waals surface area contributed by atoms with Crippen molar-refractivity contribution in [3.63, 3.8) is 0 Å². The smallest absolute Gasteiger partial charge is 0.410 e.